The molecule has 0 aromatic heterocycles. The Morgan fingerprint density at radius 2 is 1.88 bits per heavy atom. The lowest BCUT2D eigenvalue weighted by Gasteiger charge is -2.44. The van der Waals surface area contributed by atoms with Crippen molar-refractivity contribution in [3.05, 3.63) is 12.2 Å². The highest BCUT2D eigenvalue weighted by molar-refractivity contribution is 4.96. The third-order valence-electron chi connectivity index (χ3n) is 5.33. The van der Waals surface area contributed by atoms with E-state index in [1.807, 2.05) is 0 Å². The van der Waals surface area contributed by atoms with E-state index in [9.17, 15) is 0 Å². The van der Waals surface area contributed by atoms with Gasteiger partial charge < -0.3 is 4.74 Å². The molecule has 0 amide bonds. The Balaban J connectivity index is 1.93. The predicted octanol–water partition coefficient (Wildman–Crippen LogP) is 4.72. The van der Waals surface area contributed by atoms with E-state index < -0.39 is 0 Å². The predicted molar refractivity (Wildman–Crippen MR) is 73.1 cm³/mol. The summed E-state index contributed by atoms with van der Waals surface area (Å²) >= 11 is 0. The lowest BCUT2D eigenvalue weighted by Crippen LogP contribution is -2.40. The molecule has 2 aliphatic rings. The van der Waals surface area contributed by atoms with Gasteiger partial charge in [-0.3, -0.25) is 0 Å². The van der Waals surface area contributed by atoms with E-state index in [2.05, 4.69) is 32.9 Å². The van der Waals surface area contributed by atoms with Crippen LogP contribution in [0, 0.1) is 11.3 Å². The summed E-state index contributed by atoms with van der Waals surface area (Å²) in [5, 5.41) is 0. The zero-order chi connectivity index (χ0) is 12.4. The molecule has 0 N–H and O–H groups in total. The van der Waals surface area contributed by atoms with Crippen LogP contribution in [0.5, 0.6) is 0 Å². The van der Waals surface area contributed by atoms with Crippen molar-refractivity contribution in [1.29, 1.82) is 0 Å². The molecule has 0 atom stereocenters. The molecule has 0 bridgehead atoms. The van der Waals surface area contributed by atoms with Gasteiger partial charge in [-0.2, -0.15) is 0 Å². The first-order chi connectivity index (χ1) is 8.08. The molecule has 1 saturated carbocycles. The second kappa shape index (κ2) is 5.14. The van der Waals surface area contributed by atoms with E-state index in [1.54, 1.807) is 0 Å². The van der Waals surface area contributed by atoms with Crippen LogP contribution in [0.15, 0.2) is 12.2 Å². The molecule has 1 aliphatic carbocycles. The summed E-state index contributed by atoms with van der Waals surface area (Å²) < 4.78 is 6.14. The third kappa shape index (κ3) is 2.93. The molecule has 1 aliphatic heterocycles. The Hall–Kier alpha value is -0.300. The lowest BCUT2D eigenvalue weighted by molar-refractivity contribution is -0.0789. The highest BCUT2D eigenvalue weighted by Gasteiger charge is 2.40. The first-order valence-electron chi connectivity index (χ1n) is 7.37. The van der Waals surface area contributed by atoms with Gasteiger partial charge in [-0.15, -0.1) is 0 Å². The molecule has 1 heteroatoms. The van der Waals surface area contributed by atoms with Gasteiger partial charge in [-0.05, 0) is 49.9 Å². The van der Waals surface area contributed by atoms with Gasteiger partial charge in [0.1, 0.15) is 0 Å². The normalized spacial score (nSPS) is 34.9. The maximum atomic E-state index is 6.14. The maximum absolute atomic E-state index is 6.14. The van der Waals surface area contributed by atoms with Crippen LogP contribution in [0.4, 0.5) is 0 Å². The summed E-state index contributed by atoms with van der Waals surface area (Å²) in [6.07, 6.45) is 13.5. The van der Waals surface area contributed by atoms with E-state index in [0.717, 1.165) is 12.5 Å². The highest BCUT2D eigenvalue weighted by atomic mass is 16.5. The minimum absolute atomic E-state index is 0.226. The fourth-order valence-corrected chi connectivity index (χ4v) is 3.44. The van der Waals surface area contributed by atoms with Crippen molar-refractivity contribution >= 4 is 0 Å². The number of ether oxygens (including phenoxy) is 1. The van der Waals surface area contributed by atoms with Crippen LogP contribution in [-0.4, -0.2) is 12.2 Å². The Labute approximate surface area is 107 Å². The van der Waals surface area contributed by atoms with Gasteiger partial charge >= 0.3 is 0 Å². The minimum Gasteiger partial charge on any atom is -0.371 e. The zero-order valence-corrected chi connectivity index (χ0v) is 11.8. The first-order valence-corrected chi connectivity index (χ1v) is 7.37. The summed E-state index contributed by atoms with van der Waals surface area (Å²) in [5.41, 5.74) is 0.744. The minimum atomic E-state index is 0.226. The number of allylic oxidation sites excluding steroid dienone is 1. The number of rotatable bonds is 2. The average molecular weight is 236 g/mol. The van der Waals surface area contributed by atoms with E-state index in [0.29, 0.717) is 5.41 Å². The zero-order valence-electron chi connectivity index (χ0n) is 11.8. The molecule has 0 saturated heterocycles. The van der Waals surface area contributed by atoms with Crippen LogP contribution in [0.3, 0.4) is 0 Å². The molecule has 1 fully saturated rings. The molecule has 98 valence electrons. The Morgan fingerprint density at radius 1 is 1.18 bits per heavy atom. The summed E-state index contributed by atoms with van der Waals surface area (Å²) in [7, 11) is 0. The van der Waals surface area contributed by atoms with E-state index in [4.69, 9.17) is 4.74 Å². The largest absolute Gasteiger partial charge is 0.371 e. The van der Waals surface area contributed by atoms with Crippen LogP contribution in [-0.2, 0) is 4.74 Å². The quantitative estimate of drug-likeness (QED) is 0.630. The molecule has 2 rings (SSSR count). The molecule has 0 unspecified atom stereocenters. The van der Waals surface area contributed by atoms with Crippen molar-refractivity contribution < 1.29 is 4.74 Å². The van der Waals surface area contributed by atoms with Crippen LogP contribution in [0.1, 0.15) is 65.7 Å². The lowest BCUT2D eigenvalue weighted by atomic mass is 9.65. The van der Waals surface area contributed by atoms with Gasteiger partial charge in [0.25, 0.3) is 0 Å². The Kier molecular flexibility index (Phi) is 3.97. The van der Waals surface area contributed by atoms with Crippen molar-refractivity contribution in [3.8, 4) is 0 Å². The Morgan fingerprint density at radius 3 is 2.53 bits per heavy atom. The van der Waals surface area contributed by atoms with Crippen LogP contribution >= 0.6 is 0 Å². The standard InChI is InChI=1S/C16H28O/c1-4-15(2,3)14-8-11-16(12-9-14)10-6-5-7-13-17-16/h5,7,14H,4,6,8-13H2,1-3H3. The van der Waals surface area contributed by atoms with E-state index in [1.165, 1.54) is 44.9 Å². The van der Waals surface area contributed by atoms with Crippen molar-refractivity contribution in [2.24, 2.45) is 11.3 Å². The van der Waals surface area contributed by atoms with Gasteiger partial charge in [0, 0.05) is 0 Å². The summed E-state index contributed by atoms with van der Waals surface area (Å²) in [4.78, 5) is 0. The average Bonchev–Trinajstić information content (AvgIpc) is 2.56. The maximum Gasteiger partial charge on any atom is 0.0690 e. The van der Waals surface area contributed by atoms with Gasteiger partial charge in [-0.25, -0.2) is 0 Å². The van der Waals surface area contributed by atoms with Gasteiger partial charge in [0.2, 0.25) is 0 Å². The number of hydrogen-bond donors (Lipinski definition) is 0. The SMILES string of the molecule is CCC(C)(C)C1CCC2(CCC=CCO2)CC1. The van der Waals surface area contributed by atoms with Crippen LogP contribution in [0.25, 0.3) is 0 Å². The van der Waals surface area contributed by atoms with Crippen LogP contribution < -0.4 is 0 Å². The van der Waals surface area contributed by atoms with E-state index >= 15 is 0 Å². The number of hydrogen-bond acceptors (Lipinski definition) is 1. The van der Waals surface area contributed by atoms with Gasteiger partial charge in [0.15, 0.2) is 0 Å². The smallest absolute Gasteiger partial charge is 0.0690 e. The van der Waals surface area contributed by atoms with E-state index in [-0.39, 0.29) is 5.60 Å². The van der Waals surface area contributed by atoms with Crippen LogP contribution in [0.2, 0.25) is 0 Å². The second-order valence-corrected chi connectivity index (χ2v) is 6.62. The molecule has 0 aromatic rings. The molecule has 0 aromatic carbocycles. The molecule has 1 heterocycles. The van der Waals surface area contributed by atoms with Crippen molar-refractivity contribution in [2.75, 3.05) is 6.61 Å². The van der Waals surface area contributed by atoms with Gasteiger partial charge in [0.05, 0.1) is 12.2 Å². The molecular weight excluding hydrogens is 208 g/mol. The summed E-state index contributed by atoms with van der Waals surface area (Å²) in [6.45, 7) is 8.04. The fourth-order valence-electron chi connectivity index (χ4n) is 3.44. The van der Waals surface area contributed by atoms with Gasteiger partial charge in [-0.1, -0.05) is 39.3 Å². The fraction of sp³-hybridized carbons (Fsp3) is 0.875. The third-order valence-corrected chi connectivity index (χ3v) is 5.33. The molecule has 17 heavy (non-hydrogen) atoms. The molecule has 1 spiro atoms. The molecule has 0 radical (unpaired) electrons. The Bertz CT molecular complexity index is 257. The topological polar surface area (TPSA) is 9.23 Å². The van der Waals surface area contributed by atoms with Crippen molar-refractivity contribution in [3.63, 3.8) is 0 Å². The first kappa shape index (κ1) is 13.1. The summed E-state index contributed by atoms with van der Waals surface area (Å²) in [5.74, 6) is 0.901. The molecule has 1 nitrogen and oxygen atoms in total. The highest BCUT2D eigenvalue weighted by Crippen LogP contribution is 2.46. The summed E-state index contributed by atoms with van der Waals surface area (Å²) in [6, 6.07) is 0. The second-order valence-electron chi connectivity index (χ2n) is 6.62. The monoisotopic (exact) mass is 236 g/mol. The van der Waals surface area contributed by atoms with Crippen molar-refractivity contribution in [2.45, 2.75) is 71.3 Å². The molecular formula is C16H28O. The van der Waals surface area contributed by atoms with Crippen molar-refractivity contribution in [1.82, 2.24) is 0 Å².